The molecule has 74 heavy (non-hydrogen) atoms. The van der Waals surface area contributed by atoms with Crippen LogP contribution >= 0.6 is 7.82 Å². The highest BCUT2D eigenvalue weighted by Crippen LogP contribution is 2.43. The van der Waals surface area contributed by atoms with Gasteiger partial charge in [0.1, 0.15) is 19.3 Å². The van der Waals surface area contributed by atoms with Crippen molar-refractivity contribution in [1.82, 2.24) is 5.32 Å². The number of phosphoric ester groups is 1. The average Bonchev–Trinajstić information content (AvgIpc) is 3.36. The van der Waals surface area contributed by atoms with Crippen LogP contribution in [-0.2, 0) is 27.9 Å². The summed E-state index contributed by atoms with van der Waals surface area (Å²) >= 11 is 0. The molecule has 0 aliphatic carbocycles. The number of nitrogens with one attached hydrogen (secondary N) is 1. The monoisotopic (exact) mass is 1070 g/mol. The smallest absolute Gasteiger partial charge is 0.456 e. The first-order valence-electron chi connectivity index (χ1n) is 32.2. The summed E-state index contributed by atoms with van der Waals surface area (Å²) in [5, 5.41) is 3.07. The Bertz CT molecular complexity index is 1320. The third kappa shape index (κ3) is 55.3. The lowest BCUT2D eigenvalue weighted by atomic mass is 10.0. The van der Waals surface area contributed by atoms with Crippen molar-refractivity contribution in [2.45, 2.75) is 335 Å². The molecule has 438 valence electrons. The van der Waals surface area contributed by atoms with E-state index < -0.39 is 20.0 Å². The maximum absolute atomic E-state index is 13.5. The van der Waals surface area contributed by atoms with Crippen molar-refractivity contribution in [2.24, 2.45) is 0 Å². The molecule has 0 fully saturated rings. The third-order valence-electron chi connectivity index (χ3n) is 14.6. The number of rotatable bonds is 59. The van der Waals surface area contributed by atoms with Crippen LogP contribution in [0.2, 0.25) is 0 Å². The summed E-state index contributed by atoms with van der Waals surface area (Å²) in [6, 6.07) is -0.843. The van der Waals surface area contributed by atoms with E-state index in [4.69, 9.17) is 13.8 Å². The second-order valence-corrected chi connectivity index (χ2v) is 24.7. The fraction of sp³-hybridized carbons (Fsp3) is 0.906. The van der Waals surface area contributed by atoms with Gasteiger partial charge in [-0.25, -0.2) is 4.57 Å². The van der Waals surface area contributed by atoms with E-state index in [9.17, 15) is 19.0 Å². The summed E-state index contributed by atoms with van der Waals surface area (Å²) in [5.41, 5.74) is 0. The molecule has 0 aromatic heterocycles. The summed E-state index contributed by atoms with van der Waals surface area (Å²) in [4.78, 5) is 37.7. The van der Waals surface area contributed by atoms with Gasteiger partial charge < -0.3 is 19.4 Å². The third-order valence-corrected chi connectivity index (χ3v) is 15.6. The molecule has 0 spiro atoms. The van der Waals surface area contributed by atoms with Crippen LogP contribution in [0.1, 0.15) is 323 Å². The number of carbonyl (C=O) groups is 2. The first kappa shape index (κ1) is 72.5. The van der Waals surface area contributed by atoms with Crippen LogP contribution in [0.3, 0.4) is 0 Å². The second-order valence-electron chi connectivity index (χ2n) is 23.3. The van der Waals surface area contributed by atoms with Gasteiger partial charge in [-0.05, 0) is 57.4 Å². The number of nitrogens with zero attached hydrogens (tertiary/aromatic N) is 1. The van der Waals surface area contributed by atoms with Crippen LogP contribution < -0.4 is 5.32 Å². The molecule has 0 saturated heterocycles. The number of allylic oxidation sites excluding steroid dienone is 3. The van der Waals surface area contributed by atoms with Gasteiger partial charge in [-0.1, -0.05) is 277 Å². The van der Waals surface area contributed by atoms with Crippen LogP contribution in [0.15, 0.2) is 24.3 Å². The highest BCUT2D eigenvalue weighted by Gasteiger charge is 2.30. The zero-order chi connectivity index (χ0) is 54.3. The number of ether oxygens (including phenoxy) is 1. The SMILES string of the molecule is CCCCCCCC/C=C/CCCCCCCCCCCC(=O)OC(/C=C/CCCCCCCCCCCCC)C(COP(=O)(O)OCC[N+](C)(C)C)NC(=O)CCCCCCCCCCCCCCCCCC. The van der Waals surface area contributed by atoms with Crippen molar-refractivity contribution in [1.29, 1.82) is 0 Å². The molecule has 0 aromatic carbocycles. The number of phosphoric acid groups is 1. The molecule has 0 radical (unpaired) electrons. The lowest BCUT2D eigenvalue weighted by Gasteiger charge is -2.27. The predicted octanol–water partition coefficient (Wildman–Crippen LogP) is 19.7. The van der Waals surface area contributed by atoms with Crippen molar-refractivity contribution in [3.63, 3.8) is 0 Å². The summed E-state index contributed by atoms with van der Waals surface area (Å²) in [5.74, 6) is -0.489. The number of carbonyl (C=O) groups excluding carboxylic acids is 2. The molecule has 0 heterocycles. The second kappa shape index (κ2) is 54.8. The molecule has 0 aromatic rings. The highest BCUT2D eigenvalue weighted by molar-refractivity contribution is 7.47. The zero-order valence-electron chi connectivity index (χ0n) is 50.1. The number of amides is 1. The topological polar surface area (TPSA) is 111 Å². The standard InChI is InChI=1S/C64H125N2O7P/c1-7-10-13-16-19-22-25-28-30-32-33-34-36-39-42-45-48-51-54-57-64(68)73-62(55-52-49-46-43-40-37-27-24-21-18-15-12-9-3)61(60-72-74(69,70)71-59-58-66(4,5)6)65-63(67)56-53-50-47-44-41-38-35-31-29-26-23-20-17-14-11-8-2/h28,30,52,55,61-62H,7-27,29,31-51,53-54,56-60H2,1-6H3,(H-,65,67,69,70)/p+1/b30-28+,55-52+. The Balaban J connectivity index is 5.23. The molecule has 0 rings (SSSR count). The molecule has 0 aliphatic heterocycles. The summed E-state index contributed by atoms with van der Waals surface area (Å²) < 4.78 is 30.7. The minimum absolute atomic E-state index is 0.0437. The average molecular weight is 1070 g/mol. The Hall–Kier alpha value is -1.51. The van der Waals surface area contributed by atoms with Crippen LogP contribution in [-0.4, -0.2) is 74.3 Å². The molecule has 2 N–H and O–H groups in total. The van der Waals surface area contributed by atoms with Crippen molar-refractivity contribution >= 4 is 19.7 Å². The number of quaternary nitrogens is 1. The summed E-state index contributed by atoms with van der Waals surface area (Å²) in [7, 11) is 1.51. The number of esters is 1. The Labute approximate surface area is 460 Å². The van der Waals surface area contributed by atoms with E-state index >= 15 is 0 Å². The predicted molar refractivity (Wildman–Crippen MR) is 319 cm³/mol. The van der Waals surface area contributed by atoms with Gasteiger partial charge in [-0.2, -0.15) is 0 Å². The Morgan fingerprint density at radius 3 is 1.15 bits per heavy atom. The summed E-state index contributed by atoms with van der Waals surface area (Å²) in [6.45, 7) is 7.06. The fourth-order valence-electron chi connectivity index (χ4n) is 9.64. The van der Waals surface area contributed by atoms with Gasteiger partial charge in [0.25, 0.3) is 0 Å². The van der Waals surface area contributed by atoms with E-state index in [1.165, 1.54) is 231 Å². The number of hydrogen-bond acceptors (Lipinski definition) is 6. The number of likely N-dealkylation sites (N-methyl/N-ethyl adjacent to an activating group) is 1. The van der Waals surface area contributed by atoms with Gasteiger partial charge in [0.05, 0.1) is 33.8 Å². The maximum atomic E-state index is 13.5. The summed E-state index contributed by atoms with van der Waals surface area (Å²) in [6.07, 6.45) is 64.5. The molecule has 0 bridgehead atoms. The number of unbranched alkanes of at least 4 members (excludes halogenated alkanes) is 41. The molecule has 9 nitrogen and oxygen atoms in total. The minimum atomic E-state index is -4.44. The lowest BCUT2D eigenvalue weighted by molar-refractivity contribution is -0.870. The minimum Gasteiger partial charge on any atom is -0.456 e. The first-order valence-corrected chi connectivity index (χ1v) is 33.7. The lowest BCUT2D eigenvalue weighted by Crippen LogP contribution is -2.47. The van der Waals surface area contributed by atoms with Gasteiger partial charge in [0.15, 0.2) is 0 Å². The van der Waals surface area contributed by atoms with Gasteiger partial charge in [0, 0.05) is 12.8 Å². The highest BCUT2D eigenvalue weighted by atomic mass is 31.2. The molecule has 0 aliphatic rings. The number of hydrogen-bond donors (Lipinski definition) is 2. The van der Waals surface area contributed by atoms with Gasteiger partial charge in [-0.15, -0.1) is 0 Å². The molecule has 0 saturated carbocycles. The Kier molecular flexibility index (Phi) is 53.7. The van der Waals surface area contributed by atoms with E-state index in [1.807, 2.05) is 33.3 Å². The van der Waals surface area contributed by atoms with Gasteiger partial charge in [0.2, 0.25) is 5.91 Å². The van der Waals surface area contributed by atoms with Crippen molar-refractivity contribution in [3.05, 3.63) is 24.3 Å². The van der Waals surface area contributed by atoms with Crippen LogP contribution in [0.25, 0.3) is 0 Å². The van der Waals surface area contributed by atoms with Gasteiger partial charge >= 0.3 is 13.8 Å². The zero-order valence-corrected chi connectivity index (χ0v) is 51.0. The first-order chi connectivity index (χ1) is 35.9. The maximum Gasteiger partial charge on any atom is 0.472 e. The van der Waals surface area contributed by atoms with E-state index in [1.54, 1.807) is 0 Å². The largest absolute Gasteiger partial charge is 0.472 e. The normalized spacial score (nSPS) is 13.8. The molecule has 10 heteroatoms. The van der Waals surface area contributed by atoms with E-state index in [0.29, 0.717) is 23.9 Å². The van der Waals surface area contributed by atoms with Crippen LogP contribution in [0.4, 0.5) is 0 Å². The Morgan fingerprint density at radius 1 is 0.459 bits per heavy atom. The molecule has 1 amide bonds. The molecular weight excluding hydrogens is 940 g/mol. The molecule has 3 unspecified atom stereocenters. The molecular formula is C64H126N2O7P+. The van der Waals surface area contributed by atoms with Crippen LogP contribution in [0, 0.1) is 0 Å². The Morgan fingerprint density at radius 2 is 0.784 bits per heavy atom. The van der Waals surface area contributed by atoms with Gasteiger partial charge in [-0.3, -0.25) is 18.6 Å². The van der Waals surface area contributed by atoms with E-state index in [2.05, 4.69) is 38.2 Å². The quantitative estimate of drug-likeness (QED) is 0.0205. The molecule has 3 atom stereocenters. The van der Waals surface area contributed by atoms with Crippen molar-refractivity contribution < 1.29 is 37.3 Å². The fourth-order valence-corrected chi connectivity index (χ4v) is 10.4. The van der Waals surface area contributed by atoms with Crippen LogP contribution in [0.5, 0.6) is 0 Å². The van der Waals surface area contributed by atoms with Crippen molar-refractivity contribution in [3.8, 4) is 0 Å². The van der Waals surface area contributed by atoms with Crippen molar-refractivity contribution in [2.75, 3.05) is 40.9 Å². The van der Waals surface area contributed by atoms with E-state index in [-0.39, 0.29) is 25.1 Å². The van der Waals surface area contributed by atoms with E-state index in [0.717, 1.165) is 57.8 Å².